The molecular formula is C17H17ClN2O4S. The molecule has 0 aromatic heterocycles. The number of hydrogen-bond acceptors (Lipinski definition) is 4. The maximum Gasteiger partial charge on any atom is 0.255 e. The van der Waals surface area contributed by atoms with E-state index in [0.29, 0.717) is 18.1 Å². The summed E-state index contributed by atoms with van der Waals surface area (Å²) < 4.78 is 26.6. The van der Waals surface area contributed by atoms with E-state index in [9.17, 15) is 18.3 Å². The van der Waals surface area contributed by atoms with Crippen LogP contribution in [0.5, 0.6) is 5.75 Å². The van der Waals surface area contributed by atoms with Gasteiger partial charge in [-0.15, -0.1) is 0 Å². The second-order valence-electron chi connectivity index (χ2n) is 5.75. The first kappa shape index (κ1) is 17.7. The first-order chi connectivity index (χ1) is 11.9. The Bertz CT molecular complexity index is 909. The molecule has 132 valence electrons. The van der Waals surface area contributed by atoms with Crippen molar-refractivity contribution in [1.29, 1.82) is 0 Å². The fourth-order valence-electron chi connectivity index (χ4n) is 2.68. The van der Waals surface area contributed by atoms with Gasteiger partial charge in [0.1, 0.15) is 5.75 Å². The Morgan fingerprint density at radius 3 is 2.56 bits per heavy atom. The summed E-state index contributed by atoms with van der Waals surface area (Å²) in [6, 6.07) is 10.1. The number of hydrogen-bond donors (Lipinski definition) is 2. The predicted octanol–water partition coefficient (Wildman–Crippen LogP) is 3.08. The lowest BCUT2D eigenvalue weighted by Gasteiger charge is -2.16. The Morgan fingerprint density at radius 2 is 1.84 bits per heavy atom. The molecule has 3 rings (SSSR count). The summed E-state index contributed by atoms with van der Waals surface area (Å²) in [5, 5.41) is 12.7. The Labute approximate surface area is 151 Å². The number of sulfonamides is 1. The molecule has 0 radical (unpaired) electrons. The maximum absolute atomic E-state index is 12.6. The molecule has 0 aliphatic carbocycles. The third-order valence-corrected chi connectivity index (χ3v) is 6.14. The van der Waals surface area contributed by atoms with Gasteiger partial charge in [0.05, 0.1) is 10.6 Å². The van der Waals surface area contributed by atoms with E-state index in [1.807, 2.05) is 0 Å². The lowest BCUT2D eigenvalue weighted by molar-refractivity contribution is 0.102. The summed E-state index contributed by atoms with van der Waals surface area (Å²) >= 11 is 5.86. The standard InChI is InChI=1S/C17H17ClN2O4S/c18-13-6-7-16(21)15(11-13)19-17(22)12-4-3-5-14(10-12)25(23,24)20-8-1-2-9-20/h3-7,10-11,21H,1-2,8-9H2,(H,19,22). The molecule has 0 spiro atoms. The number of phenols is 1. The van der Waals surface area contributed by atoms with Gasteiger partial charge in [0.2, 0.25) is 10.0 Å². The summed E-state index contributed by atoms with van der Waals surface area (Å²) in [4.78, 5) is 12.5. The Morgan fingerprint density at radius 1 is 1.12 bits per heavy atom. The van der Waals surface area contributed by atoms with E-state index in [2.05, 4.69) is 5.32 Å². The van der Waals surface area contributed by atoms with Gasteiger partial charge in [0, 0.05) is 23.7 Å². The molecule has 1 amide bonds. The van der Waals surface area contributed by atoms with Crippen molar-refractivity contribution in [2.24, 2.45) is 0 Å². The van der Waals surface area contributed by atoms with Crippen molar-refractivity contribution in [2.75, 3.05) is 18.4 Å². The number of amides is 1. The molecule has 2 aromatic carbocycles. The summed E-state index contributed by atoms with van der Waals surface area (Å²) in [6.07, 6.45) is 1.68. The molecule has 1 fully saturated rings. The van der Waals surface area contributed by atoms with Crippen molar-refractivity contribution in [2.45, 2.75) is 17.7 Å². The fraction of sp³-hybridized carbons (Fsp3) is 0.235. The monoisotopic (exact) mass is 380 g/mol. The van der Waals surface area contributed by atoms with Crippen LogP contribution < -0.4 is 5.32 Å². The fourth-order valence-corrected chi connectivity index (χ4v) is 4.41. The van der Waals surface area contributed by atoms with Crippen LogP contribution in [0.3, 0.4) is 0 Å². The quantitative estimate of drug-likeness (QED) is 0.798. The van der Waals surface area contributed by atoms with Gasteiger partial charge in [0.25, 0.3) is 5.91 Å². The predicted molar refractivity (Wildman–Crippen MR) is 95.5 cm³/mol. The van der Waals surface area contributed by atoms with Gasteiger partial charge < -0.3 is 10.4 Å². The molecule has 1 saturated heterocycles. The lowest BCUT2D eigenvalue weighted by atomic mass is 10.2. The summed E-state index contributed by atoms with van der Waals surface area (Å²) in [6.45, 7) is 0.990. The number of aromatic hydroxyl groups is 1. The highest BCUT2D eigenvalue weighted by atomic mass is 35.5. The van der Waals surface area contributed by atoms with Crippen LogP contribution in [0.4, 0.5) is 5.69 Å². The molecule has 1 aliphatic heterocycles. The average molecular weight is 381 g/mol. The van der Waals surface area contributed by atoms with Gasteiger partial charge in [-0.25, -0.2) is 8.42 Å². The highest BCUT2D eigenvalue weighted by Gasteiger charge is 2.27. The largest absolute Gasteiger partial charge is 0.506 e. The van der Waals surface area contributed by atoms with Gasteiger partial charge in [0.15, 0.2) is 0 Å². The van der Waals surface area contributed by atoms with Crippen LogP contribution in [0.15, 0.2) is 47.4 Å². The number of halogens is 1. The highest BCUT2D eigenvalue weighted by molar-refractivity contribution is 7.89. The van der Waals surface area contributed by atoms with Crippen LogP contribution in [0.2, 0.25) is 5.02 Å². The van der Waals surface area contributed by atoms with Crippen LogP contribution in [0.1, 0.15) is 23.2 Å². The molecular weight excluding hydrogens is 364 g/mol. The SMILES string of the molecule is O=C(Nc1cc(Cl)ccc1O)c1cccc(S(=O)(=O)N2CCCC2)c1. The zero-order valence-corrected chi connectivity index (χ0v) is 14.8. The minimum absolute atomic E-state index is 0.0809. The Balaban J connectivity index is 1.86. The van der Waals surface area contributed by atoms with Crippen molar-refractivity contribution in [3.05, 3.63) is 53.1 Å². The van der Waals surface area contributed by atoms with Crippen molar-refractivity contribution >= 4 is 33.2 Å². The molecule has 6 nitrogen and oxygen atoms in total. The number of nitrogens with one attached hydrogen (secondary N) is 1. The van der Waals surface area contributed by atoms with Crippen LogP contribution >= 0.6 is 11.6 Å². The maximum atomic E-state index is 12.6. The lowest BCUT2D eigenvalue weighted by Crippen LogP contribution is -2.28. The van der Waals surface area contributed by atoms with Crippen LogP contribution in [0.25, 0.3) is 0 Å². The molecule has 1 aliphatic rings. The topological polar surface area (TPSA) is 86.7 Å². The van der Waals surface area contributed by atoms with Gasteiger partial charge in [-0.2, -0.15) is 4.31 Å². The first-order valence-corrected chi connectivity index (χ1v) is 9.60. The van der Waals surface area contributed by atoms with E-state index >= 15 is 0 Å². The molecule has 0 saturated carbocycles. The van der Waals surface area contributed by atoms with E-state index in [-0.39, 0.29) is 21.9 Å². The van der Waals surface area contributed by atoms with E-state index in [0.717, 1.165) is 12.8 Å². The number of rotatable bonds is 4. The number of carbonyl (C=O) groups excluding carboxylic acids is 1. The minimum atomic E-state index is -3.60. The number of phenolic OH excluding ortho intramolecular Hbond substituents is 1. The zero-order valence-electron chi connectivity index (χ0n) is 13.3. The van der Waals surface area contributed by atoms with E-state index in [1.165, 1.54) is 46.8 Å². The van der Waals surface area contributed by atoms with Crippen molar-refractivity contribution in [1.82, 2.24) is 4.31 Å². The van der Waals surface area contributed by atoms with Gasteiger partial charge in [-0.05, 0) is 49.2 Å². The van der Waals surface area contributed by atoms with Crippen LogP contribution in [-0.4, -0.2) is 36.8 Å². The molecule has 0 unspecified atom stereocenters. The van der Waals surface area contributed by atoms with Crippen molar-refractivity contribution < 1.29 is 18.3 Å². The van der Waals surface area contributed by atoms with E-state index < -0.39 is 15.9 Å². The summed E-state index contributed by atoms with van der Waals surface area (Å²) in [5.41, 5.74) is 0.338. The molecule has 2 N–H and O–H groups in total. The molecule has 25 heavy (non-hydrogen) atoms. The Hall–Kier alpha value is -2.09. The third-order valence-electron chi connectivity index (χ3n) is 4.01. The molecule has 1 heterocycles. The van der Waals surface area contributed by atoms with E-state index in [4.69, 9.17) is 11.6 Å². The number of anilines is 1. The van der Waals surface area contributed by atoms with E-state index in [1.54, 1.807) is 0 Å². The summed E-state index contributed by atoms with van der Waals surface area (Å²) in [5.74, 6) is -0.658. The third kappa shape index (κ3) is 3.78. The summed E-state index contributed by atoms with van der Waals surface area (Å²) in [7, 11) is -3.60. The molecule has 2 aromatic rings. The normalized spacial score (nSPS) is 15.2. The van der Waals surface area contributed by atoms with Crippen LogP contribution in [0, 0.1) is 0 Å². The zero-order chi connectivity index (χ0) is 18.0. The smallest absolute Gasteiger partial charge is 0.255 e. The molecule has 0 atom stereocenters. The second-order valence-corrected chi connectivity index (χ2v) is 8.13. The molecule has 0 bridgehead atoms. The van der Waals surface area contributed by atoms with Gasteiger partial charge in [-0.3, -0.25) is 4.79 Å². The molecule has 8 heteroatoms. The number of carbonyl (C=O) groups is 1. The average Bonchev–Trinajstić information content (AvgIpc) is 3.13. The van der Waals surface area contributed by atoms with Crippen LogP contribution in [-0.2, 0) is 10.0 Å². The van der Waals surface area contributed by atoms with Crippen molar-refractivity contribution in [3.63, 3.8) is 0 Å². The Kier molecular flexibility index (Phi) is 4.99. The number of nitrogens with zero attached hydrogens (tertiary/aromatic N) is 1. The van der Waals surface area contributed by atoms with Gasteiger partial charge in [-0.1, -0.05) is 17.7 Å². The first-order valence-electron chi connectivity index (χ1n) is 7.78. The second kappa shape index (κ2) is 7.03. The van der Waals surface area contributed by atoms with Gasteiger partial charge >= 0.3 is 0 Å². The number of benzene rings is 2. The highest BCUT2D eigenvalue weighted by Crippen LogP contribution is 2.27. The minimum Gasteiger partial charge on any atom is -0.506 e. The van der Waals surface area contributed by atoms with Crippen molar-refractivity contribution in [3.8, 4) is 5.75 Å².